The molecule has 0 saturated carbocycles. The highest BCUT2D eigenvalue weighted by Gasteiger charge is 2.08. The first kappa shape index (κ1) is 12.6. The summed E-state index contributed by atoms with van der Waals surface area (Å²) in [4.78, 5) is 0. The van der Waals surface area contributed by atoms with Gasteiger partial charge in [0.05, 0.1) is 5.02 Å². The number of halogens is 1. The van der Waals surface area contributed by atoms with Gasteiger partial charge >= 0.3 is 0 Å². The number of aromatic nitrogens is 4. The Hall–Kier alpha value is -2.40. The van der Waals surface area contributed by atoms with E-state index in [1.165, 1.54) is 0 Å². The molecule has 2 aromatic carbocycles. The zero-order valence-electron chi connectivity index (χ0n) is 10.5. The van der Waals surface area contributed by atoms with Crippen LogP contribution >= 0.6 is 11.6 Å². The summed E-state index contributed by atoms with van der Waals surface area (Å²) >= 11 is 6.20. The smallest absolute Gasteiger partial charge is 0.204 e. The van der Waals surface area contributed by atoms with Crippen LogP contribution in [-0.4, -0.2) is 20.6 Å². The number of H-pyrrole nitrogens is 1. The quantitative estimate of drug-likeness (QED) is 0.800. The van der Waals surface area contributed by atoms with Crippen molar-refractivity contribution in [3.8, 4) is 17.1 Å². The van der Waals surface area contributed by atoms with Crippen LogP contribution < -0.4 is 4.74 Å². The van der Waals surface area contributed by atoms with Gasteiger partial charge in [-0.25, -0.2) is 0 Å². The molecule has 0 fully saturated rings. The van der Waals surface area contributed by atoms with Gasteiger partial charge in [0.25, 0.3) is 0 Å². The van der Waals surface area contributed by atoms with E-state index in [0.717, 1.165) is 11.1 Å². The minimum atomic E-state index is 0.474. The maximum atomic E-state index is 6.20. The van der Waals surface area contributed by atoms with Gasteiger partial charge < -0.3 is 4.74 Å². The third-order valence-electron chi connectivity index (χ3n) is 2.77. The lowest BCUT2D eigenvalue weighted by Crippen LogP contribution is -1.95. The molecule has 20 heavy (non-hydrogen) atoms. The van der Waals surface area contributed by atoms with Gasteiger partial charge in [-0.2, -0.15) is 5.21 Å². The summed E-state index contributed by atoms with van der Waals surface area (Å²) in [6.45, 7) is 0.474. The van der Waals surface area contributed by atoms with Crippen LogP contribution in [0.2, 0.25) is 5.02 Å². The average Bonchev–Trinajstić information content (AvgIpc) is 3.01. The largest absolute Gasteiger partial charge is 0.487 e. The predicted molar refractivity (Wildman–Crippen MR) is 75.4 cm³/mol. The highest BCUT2D eigenvalue weighted by molar-refractivity contribution is 6.32. The Morgan fingerprint density at radius 1 is 1.10 bits per heavy atom. The highest BCUT2D eigenvalue weighted by atomic mass is 35.5. The third-order valence-corrected chi connectivity index (χ3v) is 3.07. The molecule has 5 nitrogen and oxygen atoms in total. The van der Waals surface area contributed by atoms with Crippen LogP contribution in [0.5, 0.6) is 5.75 Å². The summed E-state index contributed by atoms with van der Waals surface area (Å²) in [5.41, 5.74) is 1.88. The fourth-order valence-corrected chi connectivity index (χ4v) is 2.01. The van der Waals surface area contributed by atoms with Crippen molar-refractivity contribution in [1.29, 1.82) is 0 Å². The topological polar surface area (TPSA) is 63.7 Å². The van der Waals surface area contributed by atoms with Gasteiger partial charge in [-0.3, -0.25) is 0 Å². The number of nitrogens with zero attached hydrogens (tertiary/aromatic N) is 3. The molecule has 0 radical (unpaired) electrons. The number of ether oxygens (including phenoxy) is 1. The Bertz CT molecular complexity index is 686. The summed E-state index contributed by atoms with van der Waals surface area (Å²) in [5.74, 6) is 1.13. The van der Waals surface area contributed by atoms with Crippen LogP contribution in [0.1, 0.15) is 5.56 Å². The number of tetrazole rings is 1. The van der Waals surface area contributed by atoms with Crippen LogP contribution in [0.15, 0.2) is 48.5 Å². The fraction of sp³-hybridized carbons (Fsp3) is 0.0714. The molecule has 3 rings (SSSR count). The van der Waals surface area contributed by atoms with Crippen molar-refractivity contribution in [3.63, 3.8) is 0 Å². The van der Waals surface area contributed by atoms with E-state index in [1.54, 1.807) is 12.1 Å². The first-order valence-corrected chi connectivity index (χ1v) is 6.41. The zero-order chi connectivity index (χ0) is 13.8. The number of hydrogen-bond acceptors (Lipinski definition) is 4. The number of rotatable bonds is 4. The third kappa shape index (κ3) is 2.78. The van der Waals surface area contributed by atoms with E-state index in [2.05, 4.69) is 20.6 Å². The van der Waals surface area contributed by atoms with Gasteiger partial charge in [0, 0.05) is 5.56 Å². The van der Waals surface area contributed by atoms with Gasteiger partial charge in [-0.15, -0.1) is 10.2 Å². The summed E-state index contributed by atoms with van der Waals surface area (Å²) < 4.78 is 5.70. The van der Waals surface area contributed by atoms with Crippen molar-refractivity contribution in [2.75, 3.05) is 0 Å². The Labute approximate surface area is 120 Å². The minimum absolute atomic E-state index is 0.474. The van der Waals surface area contributed by atoms with E-state index in [4.69, 9.17) is 16.3 Å². The summed E-state index contributed by atoms with van der Waals surface area (Å²) in [6.07, 6.45) is 0. The van der Waals surface area contributed by atoms with E-state index in [0.29, 0.717) is 23.2 Å². The average molecular weight is 287 g/mol. The fourth-order valence-electron chi connectivity index (χ4n) is 1.78. The second-order valence-corrected chi connectivity index (χ2v) is 4.56. The van der Waals surface area contributed by atoms with Crippen LogP contribution in [0.4, 0.5) is 0 Å². The molecular weight excluding hydrogens is 276 g/mol. The first-order valence-electron chi connectivity index (χ1n) is 6.03. The summed E-state index contributed by atoms with van der Waals surface area (Å²) in [7, 11) is 0. The second-order valence-electron chi connectivity index (χ2n) is 4.15. The first-order chi connectivity index (χ1) is 9.83. The second kappa shape index (κ2) is 5.71. The van der Waals surface area contributed by atoms with Crippen molar-refractivity contribution in [2.24, 2.45) is 0 Å². The van der Waals surface area contributed by atoms with Crippen molar-refractivity contribution in [2.45, 2.75) is 6.61 Å². The van der Waals surface area contributed by atoms with E-state index in [-0.39, 0.29) is 0 Å². The van der Waals surface area contributed by atoms with Gasteiger partial charge in [0.1, 0.15) is 12.4 Å². The monoisotopic (exact) mass is 286 g/mol. The number of aromatic amines is 1. The Morgan fingerprint density at radius 3 is 2.65 bits per heavy atom. The lowest BCUT2D eigenvalue weighted by atomic mass is 10.2. The molecule has 0 aliphatic heterocycles. The lowest BCUT2D eigenvalue weighted by molar-refractivity contribution is 0.306. The Kier molecular flexibility index (Phi) is 3.60. The van der Waals surface area contributed by atoms with E-state index in [1.807, 2.05) is 36.4 Å². The molecule has 0 amide bonds. The Balaban J connectivity index is 1.75. The van der Waals surface area contributed by atoms with Crippen LogP contribution in [0.3, 0.4) is 0 Å². The molecule has 100 valence electrons. The van der Waals surface area contributed by atoms with Gasteiger partial charge in [-0.05, 0) is 29.0 Å². The van der Waals surface area contributed by atoms with Crippen molar-refractivity contribution < 1.29 is 4.74 Å². The van der Waals surface area contributed by atoms with Crippen molar-refractivity contribution in [1.82, 2.24) is 20.6 Å². The summed E-state index contributed by atoms with van der Waals surface area (Å²) in [6, 6.07) is 15.3. The predicted octanol–water partition coefficient (Wildman–Crippen LogP) is 3.10. The van der Waals surface area contributed by atoms with E-state index < -0.39 is 0 Å². The molecule has 6 heteroatoms. The molecular formula is C14H11ClN4O. The van der Waals surface area contributed by atoms with Crippen LogP contribution in [0, 0.1) is 0 Å². The molecule has 1 N–H and O–H groups in total. The molecule has 0 saturated heterocycles. The molecule has 1 aromatic heterocycles. The number of benzene rings is 2. The Morgan fingerprint density at radius 2 is 1.95 bits per heavy atom. The van der Waals surface area contributed by atoms with Gasteiger partial charge in [0.2, 0.25) is 5.82 Å². The molecule has 0 aliphatic carbocycles. The molecule has 0 bridgehead atoms. The van der Waals surface area contributed by atoms with E-state index >= 15 is 0 Å². The zero-order valence-corrected chi connectivity index (χ0v) is 11.2. The highest BCUT2D eigenvalue weighted by Crippen LogP contribution is 2.29. The molecule has 3 aromatic rings. The maximum absolute atomic E-state index is 6.20. The molecule has 1 heterocycles. The lowest BCUT2D eigenvalue weighted by Gasteiger charge is -2.08. The number of hydrogen-bond donors (Lipinski definition) is 1. The van der Waals surface area contributed by atoms with Gasteiger partial charge in [-0.1, -0.05) is 41.9 Å². The van der Waals surface area contributed by atoms with Crippen LogP contribution in [-0.2, 0) is 6.61 Å². The molecule has 0 spiro atoms. The van der Waals surface area contributed by atoms with Crippen LogP contribution in [0.25, 0.3) is 11.4 Å². The minimum Gasteiger partial charge on any atom is -0.487 e. The molecule has 0 unspecified atom stereocenters. The van der Waals surface area contributed by atoms with Crippen molar-refractivity contribution in [3.05, 3.63) is 59.1 Å². The number of nitrogens with one attached hydrogen (secondary N) is 1. The summed E-state index contributed by atoms with van der Waals surface area (Å²) in [5, 5.41) is 14.2. The molecule has 0 atom stereocenters. The molecule has 0 aliphatic rings. The standard InChI is InChI=1S/C14H11ClN4O/c15-12-8-11(14-16-18-19-17-14)6-7-13(12)20-9-10-4-2-1-3-5-10/h1-8H,9H2,(H,16,17,18,19). The van der Waals surface area contributed by atoms with Gasteiger partial charge in [0.15, 0.2) is 0 Å². The van der Waals surface area contributed by atoms with Crippen molar-refractivity contribution >= 4 is 11.6 Å². The maximum Gasteiger partial charge on any atom is 0.204 e. The normalized spacial score (nSPS) is 10.4. The van der Waals surface area contributed by atoms with E-state index in [9.17, 15) is 0 Å². The SMILES string of the molecule is Clc1cc(-c2nn[nH]n2)ccc1OCc1ccccc1.